The zero-order chi connectivity index (χ0) is 14.0. The van der Waals surface area contributed by atoms with Crippen LogP contribution in [0.2, 0.25) is 0 Å². The molecule has 0 unspecified atom stereocenters. The number of thiocarbonyl (C=S) groups is 1. The number of para-hydroxylation sites is 1. The normalized spacial score (nSPS) is 11.5. The number of aromatic nitrogens is 1. The van der Waals surface area contributed by atoms with Crippen LogP contribution in [0.15, 0.2) is 41.4 Å². The Balaban J connectivity index is 2.52. The van der Waals surface area contributed by atoms with Crippen molar-refractivity contribution in [3.63, 3.8) is 0 Å². The number of benzene rings is 1. The van der Waals surface area contributed by atoms with Crippen LogP contribution in [0.3, 0.4) is 0 Å². The van der Waals surface area contributed by atoms with Crippen molar-refractivity contribution in [2.45, 2.75) is 4.90 Å². The molecule has 2 aromatic rings. The molecule has 0 saturated heterocycles. The van der Waals surface area contributed by atoms with E-state index in [4.69, 9.17) is 12.2 Å². The van der Waals surface area contributed by atoms with Crippen LogP contribution in [0.25, 0.3) is 10.9 Å². The highest BCUT2D eigenvalue weighted by Crippen LogP contribution is 2.30. The van der Waals surface area contributed by atoms with Crippen LogP contribution in [0.5, 0.6) is 0 Å². The summed E-state index contributed by atoms with van der Waals surface area (Å²) < 4.78 is 25.0. The zero-order valence-electron chi connectivity index (χ0n) is 10.4. The third-order valence-corrected chi connectivity index (χ3v) is 6.61. The van der Waals surface area contributed by atoms with E-state index in [1.165, 1.54) is 0 Å². The molecule has 0 radical (unpaired) electrons. The highest BCUT2D eigenvalue weighted by Gasteiger charge is 2.22. The van der Waals surface area contributed by atoms with Crippen LogP contribution >= 0.6 is 23.0 Å². The summed E-state index contributed by atoms with van der Waals surface area (Å²) in [5.41, 5.74) is 0.471. The second-order valence-corrected chi connectivity index (χ2v) is 8.39. The largest absolute Gasteiger partial charge is 0.363 e. The van der Waals surface area contributed by atoms with Gasteiger partial charge in [0, 0.05) is 36.5 Å². The lowest BCUT2D eigenvalue weighted by Crippen LogP contribution is -2.18. The number of nitrogens with zero attached hydrogens (tertiary/aromatic N) is 2. The fourth-order valence-electron chi connectivity index (χ4n) is 1.49. The van der Waals surface area contributed by atoms with Crippen molar-refractivity contribution in [1.82, 2.24) is 9.88 Å². The average molecular weight is 312 g/mol. The molecule has 1 heterocycles. The van der Waals surface area contributed by atoms with E-state index in [1.807, 2.05) is 12.1 Å². The van der Waals surface area contributed by atoms with Gasteiger partial charge in [0.2, 0.25) is 8.87 Å². The van der Waals surface area contributed by atoms with E-state index in [0.717, 1.165) is 5.39 Å². The summed E-state index contributed by atoms with van der Waals surface area (Å²) in [6, 6.07) is 8.69. The first-order valence-electron chi connectivity index (χ1n) is 5.41. The van der Waals surface area contributed by atoms with Gasteiger partial charge in [-0.3, -0.25) is 4.98 Å². The van der Waals surface area contributed by atoms with Crippen molar-refractivity contribution in [3.8, 4) is 0 Å². The lowest BCUT2D eigenvalue weighted by molar-refractivity contribution is 0.611. The maximum absolute atomic E-state index is 12.4. The van der Waals surface area contributed by atoms with Crippen LogP contribution in [0.4, 0.5) is 0 Å². The van der Waals surface area contributed by atoms with Gasteiger partial charge in [0.05, 0.1) is 5.52 Å². The summed E-state index contributed by atoms with van der Waals surface area (Å²) >= 11 is 5.04. The van der Waals surface area contributed by atoms with Crippen molar-refractivity contribution in [1.29, 1.82) is 0 Å². The number of hydrogen-bond acceptors (Lipinski definition) is 5. The maximum Gasteiger partial charge on any atom is 0.238 e. The second kappa shape index (κ2) is 5.44. The minimum atomic E-state index is -3.56. The van der Waals surface area contributed by atoms with E-state index < -0.39 is 8.87 Å². The molecular formula is C12H12N2O2S3. The first-order valence-corrected chi connectivity index (χ1v) is 8.64. The van der Waals surface area contributed by atoms with Crippen LogP contribution in [0, 0.1) is 0 Å². The highest BCUT2D eigenvalue weighted by atomic mass is 33.1. The van der Waals surface area contributed by atoms with Crippen molar-refractivity contribution in [2.75, 3.05) is 14.1 Å². The van der Waals surface area contributed by atoms with Crippen molar-refractivity contribution < 1.29 is 8.42 Å². The Hall–Kier alpha value is -1.18. The Kier molecular flexibility index (Phi) is 4.07. The molecule has 7 heteroatoms. The summed E-state index contributed by atoms with van der Waals surface area (Å²) in [5, 5.41) is 0.792. The lowest BCUT2D eigenvalue weighted by atomic mass is 10.2. The van der Waals surface area contributed by atoms with E-state index >= 15 is 0 Å². The molecule has 0 aliphatic rings. The van der Waals surface area contributed by atoms with Gasteiger partial charge in [-0.1, -0.05) is 30.4 Å². The van der Waals surface area contributed by atoms with Crippen molar-refractivity contribution in [2.24, 2.45) is 0 Å². The molecule has 0 fully saturated rings. The lowest BCUT2D eigenvalue weighted by Gasteiger charge is -2.13. The quantitative estimate of drug-likeness (QED) is 0.627. The summed E-state index contributed by atoms with van der Waals surface area (Å²) in [6.45, 7) is 0. The molecular weight excluding hydrogens is 300 g/mol. The molecule has 0 aliphatic carbocycles. The molecule has 0 aliphatic heterocycles. The first kappa shape index (κ1) is 14.2. The van der Waals surface area contributed by atoms with Gasteiger partial charge in [-0.2, -0.15) is 0 Å². The van der Waals surface area contributed by atoms with Gasteiger partial charge < -0.3 is 4.90 Å². The minimum absolute atomic E-state index is 0.194. The molecule has 19 heavy (non-hydrogen) atoms. The fraction of sp³-hybridized carbons (Fsp3) is 0.167. The van der Waals surface area contributed by atoms with Crippen molar-refractivity contribution >= 4 is 47.1 Å². The predicted molar refractivity (Wildman–Crippen MR) is 82.8 cm³/mol. The van der Waals surface area contributed by atoms with Gasteiger partial charge >= 0.3 is 0 Å². The molecule has 0 amide bonds. The van der Waals surface area contributed by atoms with Gasteiger partial charge in [-0.05, 0) is 12.1 Å². The Morgan fingerprint density at radius 1 is 1.26 bits per heavy atom. The van der Waals surface area contributed by atoms with E-state index in [2.05, 4.69) is 4.98 Å². The predicted octanol–water partition coefficient (Wildman–Crippen LogP) is 2.50. The monoisotopic (exact) mass is 312 g/mol. The maximum atomic E-state index is 12.4. The number of rotatable bonds is 2. The highest BCUT2D eigenvalue weighted by molar-refractivity contribution is 8.79. The molecule has 1 aromatic heterocycles. The standard InChI is InChI=1S/C12H12N2O2S3/c1-14(2)12(17)18-19(15,16)10-7-3-5-9-6-4-8-13-11(9)10/h3-8H,1-2H3. The minimum Gasteiger partial charge on any atom is -0.363 e. The smallest absolute Gasteiger partial charge is 0.238 e. The Morgan fingerprint density at radius 2 is 1.95 bits per heavy atom. The fourth-order valence-corrected chi connectivity index (χ4v) is 5.06. The van der Waals surface area contributed by atoms with Crippen LogP contribution in [-0.2, 0) is 8.87 Å². The molecule has 0 atom stereocenters. The number of hydrogen-bond donors (Lipinski definition) is 0. The summed E-state index contributed by atoms with van der Waals surface area (Å²) in [4.78, 5) is 5.94. The van der Waals surface area contributed by atoms with Gasteiger partial charge in [-0.15, -0.1) is 0 Å². The van der Waals surface area contributed by atoms with Gasteiger partial charge in [0.25, 0.3) is 0 Å². The SMILES string of the molecule is CN(C)C(=S)SS(=O)(=O)c1cccc2cccnc12. The topological polar surface area (TPSA) is 50.3 Å². The third kappa shape index (κ3) is 3.05. The van der Waals surface area contributed by atoms with Gasteiger partial charge in [0.1, 0.15) is 4.90 Å². The number of pyridine rings is 1. The summed E-state index contributed by atoms with van der Waals surface area (Å²) in [7, 11) is 0.537. The molecule has 0 spiro atoms. The Morgan fingerprint density at radius 3 is 2.63 bits per heavy atom. The molecule has 100 valence electrons. The van der Waals surface area contributed by atoms with Crippen LogP contribution in [0.1, 0.15) is 0 Å². The first-order chi connectivity index (χ1) is 8.92. The van der Waals surface area contributed by atoms with E-state index in [-0.39, 0.29) is 4.90 Å². The van der Waals surface area contributed by atoms with E-state index in [9.17, 15) is 8.42 Å². The van der Waals surface area contributed by atoms with E-state index in [0.29, 0.717) is 20.6 Å². The van der Waals surface area contributed by atoms with Crippen LogP contribution in [-0.4, -0.2) is 36.7 Å². The Labute approximate surface area is 121 Å². The zero-order valence-corrected chi connectivity index (χ0v) is 12.8. The number of fused-ring (bicyclic) bond motifs is 1. The molecule has 1 aromatic carbocycles. The molecule has 0 N–H and O–H groups in total. The molecule has 2 rings (SSSR count). The third-order valence-electron chi connectivity index (χ3n) is 2.41. The Bertz CT molecular complexity index is 721. The van der Waals surface area contributed by atoms with Crippen molar-refractivity contribution in [3.05, 3.63) is 36.5 Å². The summed E-state index contributed by atoms with van der Waals surface area (Å²) in [5.74, 6) is 0. The van der Waals surface area contributed by atoms with E-state index in [1.54, 1.807) is 43.4 Å². The second-order valence-electron chi connectivity index (χ2n) is 4.03. The van der Waals surface area contributed by atoms with Gasteiger partial charge in [-0.25, -0.2) is 8.42 Å². The molecule has 0 saturated carbocycles. The molecule has 0 bridgehead atoms. The van der Waals surface area contributed by atoms with Crippen LogP contribution < -0.4 is 0 Å². The average Bonchev–Trinajstić information content (AvgIpc) is 2.37. The molecule has 4 nitrogen and oxygen atoms in total. The van der Waals surface area contributed by atoms with Gasteiger partial charge in [0.15, 0.2) is 4.32 Å². The summed E-state index contributed by atoms with van der Waals surface area (Å²) in [6.07, 6.45) is 1.58.